The molecule has 0 atom stereocenters. The van der Waals surface area contributed by atoms with Crippen molar-refractivity contribution in [1.29, 1.82) is 5.26 Å². The molecule has 6 heteroatoms. The fraction of sp³-hybridized carbons (Fsp3) is 0.143. The number of nitrogens with zero attached hydrogens (tertiary/aromatic N) is 2. The zero-order valence-corrected chi connectivity index (χ0v) is 16.8. The largest absolute Gasteiger partial charge is 0.497 e. The van der Waals surface area contributed by atoms with Crippen molar-refractivity contribution in [2.45, 2.75) is 6.92 Å². The van der Waals surface area contributed by atoms with Crippen molar-refractivity contribution in [3.63, 3.8) is 0 Å². The highest BCUT2D eigenvalue weighted by molar-refractivity contribution is 9.10. The van der Waals surface area contributed by atoms with Gasteiger partial charge in [0.1, 0.15) is 28.9 Å². The Kier molecular flexibility index (Phi) is 5.33. The molecule has 136 valence electrons. The summed E-state index contributed by atoms with van der Waals surface area (Å²) in [5.41, 5.74) is 10.6. The lowest BCUT2D eigenvalue weighted by atomic mass is 9.90. The molecular weight excluding hydrogens is 406 g/mol. The van der Waals surface area contributed by atoms with Crippen LogP contribution in [-0.2, 0) is 0 Å². The van der Waals surface area contributed by atoms with Crippen molar-refractivity contribution < 1.29 is 9.47 Å². The molecular formula is C21H18BrN3O2. The Morgan fingerprint density at radius 2 is 1.67 bits per heavy atom. The minimum atomic E-state index is 0.217. The van der Waals surface area contributed by atoms with Crippen LogP contribution >= 0.6 is 15.9 Å². The van der Waals surface area contributed by atoms with Gasteiger partial charge in [0.2, 0.25) is 0 Å². The number of nitrogens with two attached hydrogens (primary N) is 1. The first-order valence-electron chi connectivity index (χ1n) is 8.18. The Bertz CT molecular complexity index is 1040. The normalized spacial score (nSPS) is 10.3. The smallest absolute Gasteiger partial charge is 0.142 e. The number of nitriles is 1. The molecule has 27 heavy (non-hydrogen) atoms. The third kappa shape index (κ3) is 3.46. The van der Waals surface area contributed by atoms with Gasteiger partial charge >= 0.3 is 0 Å². The Labute approximate surface area is 166 Å². The van der Waals surface area contributed by atoms with Crippen molar-refractivity contribution >= 4 is 21.7 Å². The van der Waals surface area contributed by atoms with E-state index < -0.39 is 0 Å². The number of halogens is 1. The molecule has 3 aromatic rings. The van der Waals surface area contributed by atoms with Crippen LogP contribution in [0.4, 0.5) is 5.82 Å². The van der Waals surface area contributed by atoms with Crippen LogP contribution in [0.15, 0.2) is 46.9 Å². The lowest BCUT2D eigenvalue weighted by Crippen LogP contribution is -2.03. The van der Waals surface area contributed by atoms with Gasteiger partial charge in [-0.3, -0.25) is 0 Å². The van der Waals surface area contributed by atoms with E-state index in [9.17, 15) is 5.26 Å². The number of nitrogen functional groups attached to an aromatic ring is 1. The molecule has 2 aromatic carbocycles. The summed E-state index contributed by atoms with van der Waals surface area (Å²) in [6, 6.07) is 15.5. The zero-order valence-electron chi connectivity index (χ0n) is 15.2. The zero-order chi connectivity index (χ0) is 19.6. The van der Waals surface area contributed by atoms with Gasteiger partial charge < -0.3 is 15.2 Å². The van der Waals surface area contributed by atoms with E-state index in [0.29, 0.717) is 11.3 Å². The first-order chi connectivity index (χ1) is 13.0. The minimum absolute atomic E-state index is 0.217. The van der Waals surface area contributed by atoms with Gasteiger partial charge in [-0.1, -0.05) is 18.2 Å². The van der Waals surface area contributed by atoms with Crippen molar-refractivity contribution in [2.24, 2.45) is 0 Å². The standard InChI is InChI=1S/C21H18BrN3O2/c1-12-19(13-4-7-15(26-2)8-5-13)20(16(11-23)21(24)25-12)14-6-9-18(27-3)17(22)10-14/h4-10H,1-3H3,(H2,24,25). The molecule has 0 unspecified atom stereocenters. The second kappa shape index (κ2) is 7.68. The number of hydrogen-bond acceptors (Lipinski definition) is 5. The third-order valence-electron chi connectivity index (χ3n) is 4.34. The van der Waals surface area contributed by atoms with E-state index in [1.165, 1.54) is 0 Å². The van der Waals surface area contributed by atoms with Crippen molar-refractivity contribution in [3.05, 3.63) is 58.2 Å². The Balaban J connectivity index is 2.33. The van der Waals surface area contributed by atoms with Crippen molar-refractivity contribution in [2.75, 3.05) is 20.0 Å². The van der Waals surface area contributed by atoms with E-state index in [1.807, 2.05) is 49.4 Å². The molecule has 0 aliphatic heterocycles. The van der Waals surface area contributed by atoms with E-state index in [2.05, 4.69) is 27.0 Å². The Hall–Kier alpha value is -3.04. The lowest BCUT2D eigenvalue weighted by Gasteiger charge is -2.17. The minimum Gasteiger partial charge on any atom is -0.497 e. The third-order valence-corrected chi connectivity index (χ3v) is 4.96. The van der Waals surface area contributed by atoms with Crippen LogP contribution in [0.5, 0.6) is 11.5 Å². The van der Waals surface area contributed by atoms with Gasteiger partial charge in [0.15, 0.2) is 0 Å². The van der Waals surface area contributed by atoms with Crippen molar-refractivity contribution in [1.82, 2.24) is 4.98 Å². The predicted octanol–water partition coefficient (Wildman–Crippen LogP) is 4.96. The van der Waals surface area contributed by atoms with Crippen molar-refractivity contribution in [3.8, 4) is 39.8 Å². The van der Waals surface area contributed by atoms with Crippen LogP contribution in [0.2, 0.25) is 0 Å². The SMILES string of the molecule is COc1ccc(-c2c(C)nc(N)c(C#N)c2-c2ccc(OC)c(Br)c2)cc1. The predicted molar refractivity (Wildman–Crippen MR) is 110 cm³/mol. The number of pyridine rings is 1. The monoisotopic (exact) mass is 423 g/mol. The second-order valence-corrected chi connectivity index (χ2v) is 6.75. The number of ether oxygens (including phenoxy) is 2. The van der Waals surface area contributed by atoms with Gasteiger partial charge in [-0.05, 0) is 58.2 Å². The Morgan fingerprint density at radius 3 is 2.22 bits per heavy atom. The number of anilines is 1. The molecule has 5 nitrogen and oxygen atoms in total. The number of rotatable bonds is 4. The van der Waals surface area contributed by atoms with Gasteiger partial charge in [0, 0.05) is 16.8 Å². The number of benzene rings is 2. The van der Waals surface area contributed by atoms with Crippen LogP contribution in [-0.4, -0.2) is 19.2 Å². The van der Waals surface area contributed by atoms with Gasteiger partial charge in [-0.2, -0.15) is 5.26 Å². The fourth-order valence-electron chi connectivity index (χ4n) is 3.06. The fourth-order valence-corrected chi connectivity index (χ4v) is 3.60. The summed E-state index contributed by atoms with van der Waals surface area (Å²) in [7, 11) is 3.23. The maximum Gasteiger partial charge on any atom is 0.142 e. The molecule has 0 spiro atoms. The molecule has 0 amide bonds. The van der Waals surface area contributed by atoms with Gasteiger partial charge in [-0.15, -0.1) is 0 Å². The first-order valence-corrected chi connectivity index (χ1v) is 8.98. The maximum atomic E-state index is 9.75. The van der Waals surface area contributed by atoms with Gasteiger partial charge in [-0.25, -0.2) is 4.98 Å². The molecule has 1 aromatic heterocycles. The molecule has 0 saturated carbocycles. The molecule has 0 aliphatic rings. The van der Waals surface area contributed by atoms with Gasteiger partial charge in [0.25, 0.3) is 0 Å². The van der Waals surface area contributed by atoms with Crippen LogP contribution in [0, 0.1) is 18.3 Å². The molecule has 1 heterocycles. The van der Waals surface area contributed by atoms with Crippen LogP contribution in [0.25, 0.3) is 22.3 Å². The molecule has 0 radical (unpaired) electrons. The summed E-state index contributed by atoms with van der Waals surface area (Å²) in [4.78, 5) is 4.39. The van der Waals surface area contributed by atoms with E-state index in [4.69, 9.17) is 15.2 Å². The molecule has 0 bridgehead atoms. The topological polar surface area (TPSA) is 81.2 Å². The quantitative estimate of drug-likeness (QED) is 0.641. The molecule has 2 N–H and O–H groups in total. The van der Waals surface area contributed by atoms with E-state index in [1.54, 1.807) is 14.2 Å². The summed E-state index contributed by atoms with van der Waals surface area (Å²) in [5, 5.41) is 9.75. The highest BCUT2D eigenvalue weighted by Gasteiger charge is 2.20. The molecule has 0 saturated heterocycles. The number of methoxy groups -OCH3 is 2. The van der Waals surface area contributed by atoms with Gasteiger partial charge in [0.05, 0.1) is 18.7 Å². The first kappa shape index (κ1) is 18.7. The second-order valence-electron chi connectivity index (χ2n) is 5.90. The van der Waals surface area contributed by atoms with E-state index >= 15 is 0 Å². The molecule has 3 rings (SSSR count). The summed E-state index contributed by atoms with van der Waals surface area (Å²) < 4.78 is 11.4. The summed E-state index contributed by atoms with van der Waals surface area (Å²) in [5.74, 6) is 1.69. The average molecular weight is 424 g/mol. The number of hydrogen-bond donors (Lipinski definition) is 1. The van der Waals surface area contributed by atoms with Crippen LogP contribution in [0.3, 0.4) is 0 Å². The summed E-state index contributed by atoms with van der Waals surface area (Å²) >= 11 is 3.52. The Morgan fingerprint density at radius 1 is 1.00 bits per heavy atom. The average Bonchev–Trinajstić information content (AvgIpc) is 2.67. The number of aryl methyl sites for hydroxylation is 1. The maximum absolute atomic E-state index is 9.75. The van der Waals surface area contributed by atoms with Crippen LogP contribution < -0.4 is 15.2 Å². The van der Waals surface area contributed by atoms with E-state index in [-0.39, 0.29) is 5.82 Å². The highest BCUT2D eigenvalue weighted by atomic mass is 79.9. The highest BCUT2D eigenvalue weighted by Crippen LogP contribution is 2.41. The summed E-state index contributed by atoms with van der Waals surface area (Å²) in [6.07, 6.45) is 0. The molecule has 0 fully saturated rings. The van der Waals surface area contributed by atoms with E-state index in [0.717, 1.165) is 38.2 Å². The molecule has 0 aliphatic carbocycles. The number of aromatic nitrogens is 1. The van der Waals surface area contributed by atoms with Crippen LogP contribution in [0.1, 0.15) is 11.3 Å². The summed E-state index contributed by atoms with van der Waals surface area (Å²) in [6.45, 7) is 1.89. The lowest BCUT2D eigenvalue weighted by molar-refractivity contribution is 0.412.